The lowest BCUT2D eigenvalue weighted by Gasteiger charge is -2.08. The first-order valence-corrected chi connectivity index (χ1v) is 4.65. The molecular formula is C7H3BrF3N3O3. The van der Waals surface area contributed by atoms with Crippen LogP contribution in [0.1, 0.15) is 10.5 Å². The molecule has 0 unspecified atom stereocenters. The normalized spacial score (nSPS) is 11.1. The first-order chi connectivity index (χ1) is 7.71. The van der Waals surface area contributed by atoms with Gasteiger partial charge in [0.15, 0.2) is 11.5 Å². The second kappa shape index (κ2) is 4.65. The highest BCUT2D eigenvalue weighted by molar-refractivity contribution is 9.10. The summed E-state index contributed by atoms with van der Waals surface area (Å²) in [5.41, 5.74) is -0.592. The summed E-state index contributed by atoms with van der Waals surface area (Å²) in [6, 6.07) is 0. The summed E-state index contributed by atoms with van der Waals surface area (Å²) in [5, 5.41) is 9.94. The summed E-state index contributed by atoms with van der Waals surface area (Å²) in [7, 11) is 0. The fraction of sp³-hybridized carbons (Fsp3) is 0.143. The van der Waals surface area contributed by atoms with Gasteiger partial charge in [-0.1, -0.05) is 0 Å². The van der Waals surface area contributed by atoms with E-state index in [1.54, 1.807) is 0 Å². The number of hydrogen-bond acceptors (Lipinski definition) is 4. The number of nitrogens with zero attached hydrogens (tertiary/aromatic N) is 2. The van der Waals surface area contributed by atoms with Gasteiger partial charge in [0.05, 0.1) is 6.20 Å². The van der Waals surface area contributed by atoms with Gasteiger partial charge in [-0.2, -0.15) is 13.2 Å². The highest BCUT2D eigenvalue weighted by Gasteiger charge is 2.39. The molecule has 0 saturated heterocycles. The molecule has 0 radical (unpaired) electrons. The number of carboxylic acid groups (broad SMARTS) is 1. The van der Waals surface area contributed by atoms with Crippen LogP contribution in [0.3, 0.4) is 0 Å². The minimum atomic E-state index is -5.10. The Morgan fingerprint density at radius 2 is 2.00 bits per heavy atom. The average Bonchev–Trinajstić information content (AvgIpc) is 2.19. The number of nitrogens with one attached hydrogen (secondary N) is 1. The molecule has 0 bridgehead atoms. The molecule has 92 valence electrons. The van der Waals surface area contributed by atoms with Gasteiger partial charge >= 0.3 is 18.1 Å². The molecule has 1 amide bonds. The molecule has 0 aliphatic heterocycles. The predicted molar refractivity (Wildman–Crippen MR) is 51.4 cm³/mol. The average molecular weight is 314 g/mol. The highest BCUT2D eigenvalue weighted by Crippen LogP contribution is 2.21. The van der Waals surface area contributed by atoms with Gasteiger partial charge < -0.3 is 10.4 Å². The van der Waals surface area contributed by atoms with Crippen LogP contribution in [-0.2, 0) is 4.79 Å². The lowest BCUT2D eigenvalue weighted by atomic mass is 10.4. The molecule has 0 aromatic carbocycles. The molecule has 10 heteroatoms. The topological polar surface area (TPSA) is 92.2 Å². The lowest BCUT2D eigenvalue weighted by molar-refractivity contribution is -0.167. The molecule has 0 fully saturated rings. The van der Waals surface area contributed by atoms with Crippen molar-refractivity contribution >= 4 is 33.6 Å². The van der Waals surface area contributed by atoms with E-state index in [-0.39, 0.29) is 4.60 Å². The Morgan fingerprint density at radius 1 is 1.41 bits per heavy atom. The zero-order valence-corrected chi connectivity index (χ0v) is 9.33. The summed E-state index contributed by atoms with van der Waals surface area (Å²) >= 11 is 2.73. The maximum absolute atomic E-state index is 11.9. The van der Waals surface area contributed by atoms with Crippen molar-refractivity contribution in [2.24, 2.45) is 0 Å². The lowest BCUT2D eigenvalue weighted by Crippen LogP contribution is -2.30. The fourth-order valence-electron chi connectivity index (χ4n) is 0.735. The Kier molecular flexibility index (Phi) is 3.66. The quantitative estimate of drug-likeness (QED) is 0.862. The van der Waals surface area contributed by atoms with E-state index in [0.29, 0.717) is 0 Å². The third kappa shape index (κ3) is 3.37. The summed E-state index contributed by atoms with van der Waals surface area (Å²) < 4.78 is 35.6. The van der Waals surface area contributed by atoms with Crippen molar-refractivity contribution < 1.29 is 27.9 Å². The van der Waals surface area contributed by atoms with E-state index in [0.717, 1.165) is 6.20 Å². The molecule has 6 nitrogen and oxygen atoms in total. The van der Waals surface area contributed by atoms with Crippen LogP contribution < -0.4 is 5.32 Å². The Bertz CT molecular complexity index is 477. The number of rotatable bonds is 2. The second-order valence-electron chi connectivity index (χ2n) is 2.65. The van der Waals surface area contributed by atoms with E-state index in [1.807, 2.05) is 0 Å². The molecule has 0 aliphatic rings. The monoisotopic (exact) mass is 313 g/mol. The Hall–Kier alpha value is -1.71. The van der Waals surface area contributed by atoms with E-state index < -0.39 is 29.6 Å². The van der Waals surface area contributed by atoms with Crippen molar-refractivity contribution in [1.82, 2.24) is 9.97 Å². The van der Waals surface area contributed by atoms with Crippen LogP contribution in [0.5, 0.6) is 0 Å². The highest BCUT2D eigenvalue weighted by atomic mass is 79.9. The number of hydrogen-bond donors (Lipinski definition) is 2. The van der Waals surface area contributed by atoms with Gasteiger partial charge in [-0.3, -0.25) is 4.79 Å². The molecule has 17 heavy (non-hydrogen) atoms. The molecular weight excluding hydrogens is 311 g/mol. The van der Waals surface area contributed by atoms with Crippen LogP contribution in [0, 0.1) is 0 Å². The molecule has 0 atom stereocenters. The number of carbonyl (C=O) groups excluding carboxylic acids is 1. The summed E-state index contributed by atoms with van der Waals surface area (Å²) in [5.74, 6) is -4.37. The molecule has 0 spiro atoms. The Morgan fingerprint density at radius 3 is 2.47 bits per heavy atom. The maximum Gasteiger partial charge on any atom is 0.471 e. The van der Waals surface area contributed by atoms with Crippen LogP contribution in [0.25, 0.3) is 0 Å². The SMILES string of the molecule is O=C(O)c1cnc(Br)c(NC(=O)C(F)(F)F)n1. The van der Waals surface area contributed by atoms with E-state index >= 15 is 0 Å². The number of carboxylic acids is 1. The predicted octanol–water partition coefficient (Wildman–Crippen LogP) is 1.44. The summed E-state index contributed by atoms with van der Waals surface area (Å²) in [6.45, 7) is 0. The van der Waals surface area contributed by atoms with E-state index in [2.05, 4.69) is 25.9 Å². The number of amides is 1. The Balaban J connectivity index is 3.02. The molecule has 1 heterocycles. The number of anilines is 1. The fourth-order valence-corrected chi connectivity index (χ4v) is 1.03. The third-order valence-corrected chi connectivity index (χ3v) is 2.02. The number of aromatic carboxylic acids is 1. The smallest absolute Gasteiger partial charge is 0.471 e. The van der Waals surface area contributed by atoms with Gasteiger partial charge in [-0.05, 0) is 15.9 Å². The standard InChI is InChI=1S/C7H3BrF3N3O3/c8-3-4(14-6(17)7(9,10)11)13-2(1-12-3)5(15)16/h1H,(H,15,16)(H,13,14,17). The van der Waals surface area contributed by atoms with Gasteiger partial charge in [-0.25, -0.2) is 14.8 Å². The molecule has 1 aromatic heterocycles. The minimum absolute atomic E-state index is 0.208. The molecule has 1 rings (SSSR count). The minimum Gasteiger partial charge on any atom is -0.476 e. The molecule has 0 aliphatic carbocycles. The van der Waals surface area contributed by atoms with Crippen LogP contribution in [0.4, 0.5) is 19.0 Å². The third-order valence-electron chi connectivity index (χ3n) is 1.44. The van der Waals surface area contributed by atoms with Crippen molar-refractivity contribution in [1.29, 1.82) is 0 Å². The van der Waals surface area contributed by atoms with Crippen molar-refractivity contribution in [3.05, 3.63) is 16.5 Å². The van der Waals surface area contributed by atoms with Crippen LogP contribution in [0.2, 0.25) is 0 Å². The van der Waals surface area contributed by atoms with E-state index in [1.165, 1.54) is 5.32 Å². The first kappa shape index (κ1) is 13.4. The second-order valence-corrected chi connectivity index (χ2v) is 3.40. The van der Waals surface area contributed by atoms with Gasteiger partial charge in [0, 0.05) is 0 Å². The number of alkyl halides is 3. The van der Waals surface area contributed by atoms with Crippen molar-refractivity contribution in [2.75, 3.05) is 5.32 Å². The van der Waals surface area contributed by atoms with Crippen LogP contribution >= 0.6 is 15.9 Å². The van der Waals surface area contributed by atoms with Gasteiger partial charge in [0.1, 0.15) is 4.60 Å². The number of halogens is 4. The van der Waals surface area contributed by atoms with Crippen LogP contribution in [0.15, 0.2) is 10.8 Å². The molecule has 2 N–H and O–H groups in total. The van der Waals surface area contributed by atoms with Crippen molar-refractivity contribution in [2.45, 2.75) is 6.18 Å². The molecule has 1 aromatic rings. The van der Waals surface area contributed by atoms with E-state index in [9.17, 15) is 22.8 Å². The van der Waals surface area contributed by atoms with Gasteiger partial charge in [0.2, 0.25) is 0 Å². The molecule has 0 saturated carbocycles. The zero-order valence-electron chi connectivity index (χ0n) is 7.75. The summed E-state index contributed by atoms with van der Waals surface area (Å²) in [6.07, 6.45) is -4.27. The van der Waals surface area contributed by atoms with Crippen LogP contribution in [-0.4, -0.2) is 33.1 Å². The largest absolute Gasteiger partial charge is 0.476 e. The first-order valence-electron chi connectivity index (χ1n) is 3.86. The number of aromatic nitrogens is 2. The summed E-state index contributed by atoms with van der Waals surface area (Å²) in [4.78, 5) is 27.8. The van der Waals surface area contributed by atoms with Crippen molar-refractivity contribution in [3.8, 4) is 0 Å². The van der Waals surface area contributed by atoms with Crippen molar-refractivity contribution in [3.63, 3.8) is 0 Å². The Labute approximate surface area is 100.0 Å². The van der Waals surface area contributed by atoms with Gasteiger partial charge in [0.25, 0.3) is 0 Å². The van der Waals surface area contributed by atoms with E-state index in [4.69, 9.17) is 5.11 Å². The zero-order chi connectivity index (χ0) is 13.2. The number of carbonyl (C=O) groups is 2. The maximum atomic E-state index is 11.9. The van der Waals surface area contributed by atoms with Gasteiger partial charge in [-0.15, -0.1) is 0 Å².